The van der Waals surface area contributed by atoms with Crippen LogP contribution in [0.2, 0.25) is 0 Å². The minimum atomic E-state index is -1.12. The molecular formula is C10H11F2NO2. The van der Waals surface area contributed by atoms with Crippen LogP contribution in [0.15, 0.2) is 12.1 Å². The van der Waals surface area contributed by atoms with Crippen molar-refractivity contribution < 1.29 is 18.7 Å². The SMILES string of the molecule is Cc1cc(C(N)CC(=O)O)c(F)cc1F. The van der Waals surface area contributed by atoms with Crippen molar-refractivity contribution in [1.82, 2.24) is 0 Å². The van der Waals surface area contributed by atoms with E-state index in [1.807, 2.05) is 0 Å². The van der Waals surface area contributed by atoms with Crippen molar-refractivity contribution in [3.8, 4) is 0 Å². The van der Waals surface area contributed by atoms with Gasteiger partial charge in [-0.15, -0.1) is 0 Å². The third-order valence-corrected chi connectivity index (χ3v) is 2.07. The van der Waals surface area contributed by atoms with E-state index >= 15 is 0 Å². The maximum atomic E-state index is 13.2. The monoisotopic (exact) mass is 215 g/mol. The lowest BCUT2D eigenvalue weighted by atomic mass is 10.0. The average Bonchev–Trinajstić information content (AvgIpc) is 2.09. The predicted octanol–water partition coefficient (Wildman–Crippen LogP) is 1.75. The molecule has 5 heteroatoms. The van der Waals surface area contributed by atoms with Gasteiger partial charge in [0.25, 0.3) is 0 Å². The van der Waals surface area contributed by atoms with Crippen molar-refractivity contribution >= 4 is 5.97 Å². The fraction of sp³-hybridized carbons (Fsp3) is 0.300. The summed E-state index contributed by atoms with van der Waals surface area (Å²) >= 11 is 0. The van der Waals surface area contributed by atoms with Crippen molar-refractivity contribution in [3.05, 3.63) is 34.9 Å². The zero-order valence-electron chi connectivity index (χ0n) is 8.13. The molecule has 1 aromatic rings. The molecule has 1 atom stereocenters. The highest BCUT2D eigenvalue weighted by molar-refractivity contribution is 5.67. The first-order valence-electron chi connectivity index (χ1n) is 4.34. The summed E-state index contributed by atoms with van der Waals surface area (Å²) in [4.78, 5) is 10.4. The van der Waals surface area contributed by atoms with E-state index in [9.17, 15) is 13.6 Å². The van der Waals surface area contributed by atoms with E-state index in [1.165, 1.54) is 13.0 Å². The summed E-state index contributed by atoms with van der Waals surface area (Å²) in [5.41, 5.74) is 5.74. The summed E-state index contributed by atoms with van der Waals surface area (Å²) < 4.78 is 26.1. The van der Waals surface area contributed by atoms with Crippen LogP contribution in [0.3, 0.4) is 0 Å². The molecule has 0 bridgehead atoms. The number of carbonyl (C=O) groups is 1. The molecule has 0 heterocycles. The summed E-state index contributed by atoms with van der Waals surface area (Å²) in [6.45, 7) is 1.46. The van der Waals surface area contributed by atoms with Crippen LogP contribution in [0.4, 0.5) is 8.78 Å². The lowest BCUT2D eigenvalue weighted by Gasteiger charge is -2.11. The fourth-order valence-corrected chi connectivity index (χ4v) is 1.26. The second kappa shape index (κ2) is 4.35. The lowest BCUT2D eigenvalue weighted by Crippen LogP contribution is -2.16. The largest absolute Gasteiger partial charge is 0.481 e. The summed E-state index contributed by atoms with van der Waals surface area (Å²) in [7, 11) is 0. The van der Waals surface area contributed by atoms with Gasteiger partial charge in [0.05, 0.1) is 6.42 Å². The fourth-order valence-electron chi connectivity index (χ4n) is 1.26. The van der Waals surface area contributed by atoms with Gasteiger partial charge in [-0.25, -0.2) is 8.78 Å². The second-order valence-electron chi connectivity index (χ2n) is 3.33. The number of rotatable bonds is 3. The van der Waals surface area contributed by atoms with E-state index in [0.717, 1.165) is 0 Å². The van der Waals surface area contributed by atoms with Crippen LogP contribution in [0.1, 0.15) is 23.6 Å². The summed E-state index contributed by atoms with van der Waals surface area (Å²) in [5, 5.41) is 8.48. The van der Waals surface area contributed by atoms with Crippen molar-refractivity contribution in [3.63, 3.8) is 0 Å². The first-order chi connectivity index (χ1) is 6.91. The minimum Gasteiger partial charge on any atom is -0.481 e. The molecule has 0 radical (unpaired) electrons. The molecule has 1 unspecified atom stereocenters. The third-order valence-electron chi connectivity index (χ3n) is 2.07. The normalized spacial score (nSPS) is 12.5. The molecular weight excluding hydrogens is 204 g/mol. The molecule has 0 aliphatic rings. The van der Waals surface area contributed by atoms with Crippen LogP contribution in [-0.2, 0) is 4.79 Å². The van der Waals surface area contributed by atoms with Crippen molar-refractivity contribution in [2.75, 3.05) is 0 Å². The third kappa shape index (κ3) is 2.73. The van der Waals surface area contributed by atoms with E-state index in [1.54, 1.807) is 0 Å². The van der Waals surface area contributed by atoms with E-state index < -0.39 is 23.6 Å². The summed E-state index contributed by atoms with van der Waals surface area (Å²) in [6.07, 6.45) is -0.387. The van der Waals surface area contributed by atoms with E-state index in [-0.39, 0.29) is 17.5 Å². The molecule has 0 amide bonds. The second-order valence-corrected chi connectivity index (χ2v) is 3.33. The quantitative estimate of drug-likeness (QED) is 0.807. The molecule has 3 nitrogen and oxygen atoms in total. The van der Waals surface area contributed by atoms with Crippen LogP contribution >= 0.6 is 0 Å². The highest BCUT2D eigenvalue weighted by Gasteiger charge is 2.16. The smallest absolute Gasteiger partial charge is 0.305 e. The minimum absolute atomic E-state index is 0.0244. The van der Waals surface area contributed by atoms with Crippen LogP contribution in [0.25, 0.3) is 0 Å². The van der Waals surface area contributed by atoms with Crippen molar-refractivity contribution in [2.45, 2.75) is 19.4 Å². The Morgan fingerprint density at radius 2 is 2.07 bits per heavy atom. The number of carboxylic acids is 1. The number of benzene rings is 1. The van der Waals surface area contributed by atoms with Gasteiger partial charge in [0.1, 0.15) is 11.6 Å². The van der Waals surface area contributed by atoms with Gasteiger partial charge in [-0.1, -0.05) is 0 Å². The number of nitrogens with two attached hydrogens (primary N) is 1. The standard InChI is InChI=1S/C10H11F2NO2/c1-5-2-6(8(12)3-7(5)11)9(13)4-10(14)15/h2-3,9H,4,13H2,1H3,(H,14,15). The Bertz CT molecular complexity index is 393. The van der Waals surface area contributed by atoms with Gasteiger partial charge in [-0.2, -0.15) is 0 Å². The molecule has 1 rings (SSSR count). The van der Waals surface area contributed by atoms with Gasteiger partial charge in [0.15, 0.2) is 0 Å². The van der Waals surface area contributed by atoms with Crippen LogP contribution in [0.5, 0.6) is 0 Å². The molecule has 0 aromatic heterocycles. The number of hydrogen-bond donors (Lipinski definition) is 2. The van der Waals surface area contributed by atoms with Gasteiger partial charge in [0.2, 0.25) is 0 Å². The van der Waals surface area contributed by atoms with Gasteiger partial charge >= 0.3 is 5.97 Å². The molecule has 15 heavy (non-hydrogen) atoms. The Kier molecular flexibility index (Phi) is 3.36. The molecule has 0 saturated heterocycles. The Hall–Kier alpha value is -1.49. The van der Waals surface area contributed by atoms with Gasteiger partial charge in [0, 0.05) is 17.7 Å². The van der Waals surface area contributed by atoms with Crippen LogP contribution < -0.4 is 5.73 Å². The topological polar surface area (TPSA) is 63.3 Å². The molecule has 0 saturated carbocycles. The van der Waals surface area contributed by atoms with Crippen LogP contribution in [-0.4, -0.2) is 11.1 Å². The van der Waals surface area contributed by atoms with Crippen molar-refractivity contribution in [1.29, 1.82) is 0 Å². The zero-order valence-corrected chi connectivity index (χ0v) is 8.13. The maximum Gasteiger partial charge on any atom is 0.305 e. The molecule has 3 N–H and O–H groups in total. The Morgan fingerprint density at radius 1 is 1.47 bits per heavy atom. The number of aliphatic carboxylic acids is 1. The molecule has 82 valence electrons. The maximum absolute atomic E-state index is 13.2. The number of carboxylic acid groups (broad SMARTS) is 1. The van der Waals surface area contributed by atoms with E-state index in [2.05, 4.69) is 0 Å². The first kappa shape index (κ1) is 11.6. The number of aryl methyl sites for hydroxylation is 1. The highest BCUT2D eigenvalue weighted by atomic mass is 19.1. The van der Waals surface area contributed by atoms with Gasteiger partial charge in [-0.3, -0.25) is 4.79 Å². The Morgan fingerprint density at radius 3 is 2.60 bits per heavy atom. The number of hydrogen-bond acceptors (Lipinski definition) is 2. The molecule has 0 aliphatic heterocycles. The molecule has 0 spiro atoms. The van der Waals surface area contributed by atoms with E-state index in [4.69, 9.17) is 10.8 Å². The zero-order chi connectivity index (χ0) is 11.6. The predicted molar refractivity (Wildman–Crippen MR) is 50.3 cm³/mol. The Balaban J connectivity index is 3.03. The number of halogens is 2. The molecule has 1 aromatic carbocycles. The lowest BCUT2D eigenvalue weighted by molar-refractivity contribution is -0.137. The Labute approximate surface area is 85.5 Å². The average molecular weight is 215 g/mol. The van der Waals surface area contributed by atoms with Gasteiger partial charge < -0.3 is 10.8 Å². The van der Waals surface area contributed by atoms with Crippen LogP contribution in [0, 0.1) is 18.6 Å². The van der Waals surface area contributed by atoms with Gasteiger partial charge in [-0.05, 0) is 18.6 Å². The van der Waals surface area contributed by atoms with Crippen molar-refractivity contribution in [2.24, 2.45) is 5.73 Å². The highest BCUT2D eigenvalue weighted by Crippen LogP contribution is 2.21. The molecule has 0 fully saturated rings. The summed E-state index contributed by atoms with van der Waals surface area (Å²) in [6, 6.07) is 0.992. The molecule has 0 aliphatic carbocycles. The summed E-state index contributed by atoms with van der Waals surface area (Å²) in [5.74, 6) is -2.60. The van der Waals surface area contributed by atoms with E-state index in [0.29, 0.717) is 6.07 Å². The first-order valence-corrected chi connectivity index (χ1v) is 4.34.